The van der Waals surface area contributed by atoms with Crippen molar-refractivity contribution in [3.8, 4) is 0 Å². The smallest absolute Gasteiger partial charge is 0.341 e. The highest BCUT2D eigenvalue weighted by atomic mass is 79.9. The summed E-state index contributed by atoms with van der Waals surface area (Å²) in [4.78, 5) is 26.2. The Kier molecular flexibility index (Phi) is 5.34. The highest BCUT2D eigenvalue weighted by Gasteiger charge is 2.30. The van der Waals surface area contributed by atoms with Gasteiger partial charge in [0.25, 0.3) is 5.91 Å². The highest BCUT2D eigenvalue weighted by Crippen LogP contribution is 2.40. The van der Waals surface area contributed by atoms with Gasteiger partial charge >= 0.3 is 5.97 Å². The minimum Gasteiger partial charge on any atom is -0.459 e. The number of fused-ring (bicyclic) bond motifs is 1. The Bertz CT molecular complexity index is 808. The minimum absolute atomic E-state index is 0.190. The van der Waals surface area contributed by atoms with Gasteiger partial charge in [0.15, 0.2) is 10.4 Å². The topological polar surface area (TPSA) is 68.5 Å². The van der Waals surface area contributed by atoms with Crippen LogP contribution in [0.25, 0.3) is 0 Å². The van der Waals surface area contributed by atoms with Crippen molar-refractivity contribution >= 4 is 44.1 Å². The Morgan fingerprint density at radius 2 is 2.16 bits per heavy atom. The van der Waals surface area contributed by atoms with Gasteiger partial charge in [0.2, 0.25) is 0 Å². The minimum atomic E-state index is -0.379. The van der Waals surface area contributed by atoms with Gasteiger partial charge in [-0.3, -0.25) is 4.79 Å². The number of furan rings is 1. The third-order valence-corrected chi connectivity index (χ3v) is 5.68. The molecule has 0 radical (unpaired) electrons. The quantitative estimate of drug-likeness (QED) is 0.695. The fraction of sp³-hybridized carbons (Fsp3) is 0.444. The van der Waals surface area contributed by atoms with Gasteiger partial charge in [0.05, 0.1) is 11.7 Å². The van der Waals surface area contributed by atoms with Crippen molar-refractivity contribution in [3.05, 3.63) is 38.6 Å². The summed E-state index contributed by atoms with van der Waals surface area (Å²) in [6.07, 6.45) is 2.57. The van der Waals surface area contributed by atoms with Crippen molar-refractivity contribution in [3.63, 3.8) is 0 Å². The lowest BCUT2D eigenvalue weighted by Crippen LogP contribution is -2.18. The lowest BCUT2D eigenvalue weighted by atomic mass is 9.88. The zero-order chi connectivity index (χ0) is 18.1. The van der Waals surface area contributed by atoms with Crippen molar-refractivity contribution in [1.82, 2.24) is 0 Å². The number of thiophene rings is 1. The predicted molar refractivity (Wildman–Crippen MR) is 100 cm³/mol. The molecular weight excluding hydrogens is 406 g/mol. The molecule has 2 aromatic heterocycles. The number of rotatable bonds is 4. The zero-order valence-corrected chi connectivity index (χ0v) is 16.8. The summed E-state index contributed by atoms with van der Waals surface area (Å²) in [5.41, 5.74) is 1.52. The van der Waals surface area contributed by atoms with Gasteiger partial charge in [-0.2, -0.15) is 0 Å². The molecule has 0 bridgehead atoms. The van der Waals surface area contributed by atoms with Crippen molar-refractivity contribution in [2.24, 2.45) is 5.92 Å². The lowest BCUT2D eigenvalue weighted by Gasteiger charge is -2.18. The van der Waals surface area contributed by atoms with Crippen LogP contribution in [0.3, 0.4) is 0 Å². The molecule has 0 spiro atoms. The second-order valence-electron chi connectivity index (χ2n) is 6.57. The molecule has 0 saturated carbocycles. The van der Waals surface area contributed by atoms with Crippen LogP contribution in [0, 0.1) is 5.92 Å². The molecule has 0 aromatic carbocycles. The third kappa shape index (κ3) is 3.98. The summed E-state index contributed by atoms with van der Waals surface area (Å²) in [6, 6.07) is 3.24. The maximum atomic E-state index is 12.6. The van der Waals surface area contributed by atoms with Gasteiger partial charge in [-0.05, 0) is 72.7 Å². The molecule has 5 nitrogen and oxygen atoms in total. The molecule has 1 amide bonds. The largest absolute Gasteiger partial charge is 0.459 e. The van der Waals surface area contributed by atoms with Crippen LogP contribution in [0.2, 0.25) is 0 Å². The number of hydrogen-bond donors (Lipinski definition) is 1. The van der Waals surface area contributed by atoms with Crippen LogP contribution in [0.5, 0.6) is 0 Å². The molecule has 134 valence electrons. The Morgan fingerprint density at radius 1 is 1.40 bits per heavy atom. The molecule has 2 aromatic rings. The summed E-state index contributed by atoms with van der Waals surface area (Å²) in [7, 11) is 0. The summed E-state index contributed by atoms with van der Waals surface area (Å²) in [6.45, 7) is 5.84. The first kappa shape index (κ1) is 18.2. The fourth-order valence-corrected chi connectivity index (χ4v) is 4.63. The number of carbonyl (C=O) groups excluding carboxylic acids is 2. The van der Waals surface area contributed by atoms with E-state index < -0.39 is 0 Å². The van der Waals surface area contributed by atoms with Gasteiger partial charge in [0.1, 0.15) is 5.00 Å². The first-order chi connectivity index (χ1) is 11.8. The van der Waals surface area contributed by atoms with Gasteiger partial charge in [-0.15, -0.1) is 11.3 Å². The molecule has 0 saturated heterocycles. The first-order valence-electron chi connectivity index (χ1n) is 8.27. The molecule has 2 heterocycles. The van der Waals surface area contributed by atoms with Gasteiger partial charge < -0.3 is 14.5 Å². The number of nitrogens with one attached hydrogen (secondary N) is 1. The van der Waals surface area contributed by atoms with Crippen molar-refractivity contribution < 1.29 is 18.7 Å². The number of carbonyl (C=O) groups is 2. The number of amides is 1. The normalized spacial score (nSPS) is 16.6. The Labute approximate surface area is 158 Å². The van der Waals surface area contributed by atoms with Crippen LogP contribution in [0.15, 0.2) is 21.2 Å². The van der Waals surface area contributed by atoms with Crippen LogP contribution < -0.4 is 5.32 Å². The van der Waals surface area contributed by atoms with E-state index in [1.54, 1.807) is 12.1 Å². The van der Waals surface area contributed by atoms with E-state index in [-0.39, 0.29) is 23.7 Å². The van der Waals surface area contributed by atoms with Crippen molar-refractivity contribution in [2.75, 3.05) is 5.32 Å². The van der Waals surface area contributed by atoms with E-state index in [1.807, 2.05) is 13.8 Å². The molecule has 1 atom stereocenters. The van der Waals surface area contributed by atoms with E-state index in [0.717, 1.165) is 29.7 Å². The average molecular weight is 426 g/mol. The molecular formula is C18H20BrNO4S. The lowest BCUT2D eigenvalue weighted by molar-refractivity contribution is 0.0378. The number of ether oxygens (including phenoxy) is 1. The maximum Gasteiger partial charge on any atom is 0.341 e. The Morgan fingerprint density at radius 3 is 2.80 bits per heavy atom. The molecule has 7 heteroatoms. The van der Waals surface area contributed by atoms with Gasteiger partial charge in [0, 0.05) is 4.88 Å². The summed E-state index contributed by atoms with van der Waals surface area (Å²) in [5, 5.41) is 3.37. The van der Waals surface area contributed by atoms with E-state index in [9.17, 15) is 9.59 Å². The molecule has 1 aliphatic carbocycles. The summed E-state index contributed by atoms with van der Waals surface area (Å²) < 4.78 is 11.2. The molecule has 0 fully saturated rings. The van der Waals surface area contributed by atoms with Crippen LogP contribution in [-0.2, 0) is 17.6 Å². The number of hydrogen-bond acceptors (Lipinski definition) is 5. The molecule has 1 aliphatic rings. The molecule has 0 aliphatic heterocycles. The van der Waals surface area contributed by atoms with Crippen LogP contribution in [0.1, 0.15) is 58.5 Å². The van der Waals surface area contributed by atoms with Crippen molar-refractivity contribution in [2.45, 2.75) is 46.1 Å². The zero-order valence-electron chi connectivity index (χ0n) is 14.3. The summed E-state index contributed by atoms with van der Waals surface area (Å²) in [5.74, 6) is 0.00779. The number of halogens is 1. The molecule has 1 N–H and O–H groups in total. The summed E-state index contributed by atoms with van der Waals surface area (Å²) >= 11 is 4.65. The highest BCUT2D eigenvalue weighted by molar-refractivity contribution is 9.10. The standard InChI is InChI=1S/C18H20BrNO4S/c1-9(2)23-18(22)15-11-5-4-10(3)8-13(11)25-17(15)20-16(21)12-6-7-14(19)24-12/h6-7,9-10H,4-5,8H2,1-3H3,(H,20,21). The van der Waals surface area contributed by atoms with E-state index in [2.05, 4.69) is 28.2 Å². The predicted octanol–water partition coefficient (Wildman–Crippen LogP) is 5.05. The van der Waals surface area contributed by atoms with E-state index >= 15 is 0 Å². The van der Waals surface area contributed by atoms with Crippen molar-refractivity contribution in [1.29, 1.82) is 0 Å². The molecule has 25 heavy (non-hydrogen) atoms. The monoisotopic (exact) mass is 425 g/mol. The van der Waals surface area contributed by atoms with Crippen LogP contribution in [-0.4, -0.2) is 18.0 Å². The number of anilines is 1. The third-order valence-electron chi connectivity index (χ3n) is 4.08. The average Bonchev–Trinajstić information content (AvgIpc) is 3.09. The molecule has 3 rings (SSSR count). The number of esters is 1. The first-order valence-corrected chi connectivity index (χ1v) is 9.88. The molecule has 1 unspecified atom stereocenters. The Hall–Kier alpha value is -1.60. The van der Waals surface area contributed by atoms with E-state index in [0.29, 0.717) is 21.2 Å². The second-order valence-corrected chi connectivity index (χ2v) is 8.45. The van der Waals surface area contributed by atoms with E-state index in [1.165, 1.54) is 11.3 Å². The SMILES string of the molecule is CC1CCc2c(sc(NC(=O)c3ccc(Br)o3)c2C(=O)OC(C)C)C1. The van der Waals surface area contributed by atoms with Gasteiger partial charge in [-0.1, -0.05) is 6.92 Å². The Balaban J connectivity index is 1.94. The maximum absolute atomic E-state index is 12.6. The van der Waals surface area contributed by atoms with E-state index in [4.69, 9.17) is 9.15 Å². The van der Waals surface area contributed by atoms with Gasteiger partial charge in [-0.25, -0.2) is 4.79 Å². The second kappa shape index (κ2) is 7.33. The van der Waals surface area contributed by atoms with Crippen LogP contribution in [0.4, 0.5) is 5.00 Å². The fourth-order valence-electron chi connectivity index (χ4n) is 2.93. The van der Waals surface area contributed by atoms with Crippen LogP contribution >= 0.6 is 27.3 Å².